The van der Waals surface area contributed by atoms with Gasteiger partial charge in [-0.1, -0.05) is 13.8 Å². The number of rotatable bonds is 7. The van der Waals surface area contributed by atoms with Crippen molar-refractivity contribution in [3.05, 3.63) is 0 Å². The highest BCUT2D eigenvalue weighted by Gasteiger charge is 2.33. The number of piperidine rings is 1. The minimum absolute atomic E-state index is 0.153. The molecule has 4 heteroatoms. The quantitative estimate of drug-likeness (QED) is 0.729. The predicted octanol–water partition coefficient (Wildman–Crippen LogP) is 2.43. The Morgan fingerprint density at radius 3 is 2.70 bits per heavy atom. The fourth-order valence-corrected chi connectivity index (χ4v) is 3.21. The molecule has 20 heavy (non-hydrogen) atoms. The van der Waals surface area contributed by atoms with Crippen LogP contribution >= 0.6 is 0 Å². The molecule has 0 aromatic carbocycles. The molecule has 0 aromatic rings. The number of nitrogens with one attached hydrogen (secondary N) is 1. The first-order valence-corrected chi connectivity index (χ1v) is 8.00. The van der Waals surface area contributed by atoms with Crippen LogP contribution in [-0.4, -0.2) is 49.2 Å². The first-order chi connectivity index (χ1) is 9.42. The van der Waals surface area contributed by atoms with Gasteiger partial charge in [0.25, 0.3) is 0 Å². The van der Waals surface area contributed by atoms with Crippen molar-refractivity contribution < 1.29 is 9.53 Å². The van der Waals surface area contributed by atoms with Crippen LogP contribution in [-0.2, 0) is 9.53 Å². The highest BCUT2D eigenvalue weighted by molar-refractivity contribution is 5.80. The molecule has 1 saturated heterocycles. The van der Waals surface area contributed by atoms with Gasteiger partial charge in [-0.2, -0.15) is 0 Å². The van der Waals surface area contributed by atoms with E-state index in [2.05, 4.69) is 24.1 Å². The van der Waals surface area contributed by atoms with Gasteiger partial charge in [0.2, 0.25) is 0 Å². The van der Waals surface area contributed by atoms with Gasteiger partial charge in [-0.3, -0.25) is 4.79 Å². The molecule has 0 aromatic heterocycles. The number of hydrogen-bond donors (Lipinski definition) is 1. The van der Waals surface area contributed by atoms with E-state index in [4.69, 9.17) is 4.74 Å². The fraction of sp³-hybridized carbons (Fsp3) is 0.938. The summed E-state index contributed by atoms with van der Waals surface area (Å²) in [7, 11) is 1.46. The number of hydrogen-bond acceptors (Lipinski definition) is 4. The van der Waals surface area contributed by atoms with Gasteiger partial charge in [0.15, 0.2) is 0 Å². The summed E-state index contributed by atoms with van der Waals surface area (Å²) in [6, 6.07) is 0.676. The monoisotopic (exact) mass is 284 g/mol. The zero-order valence-corrected chi connectivity index (χ0v) is 13.9. The fourth-order valence-electron chi connectivity index (χ4n) is 3.21. The smallest absolute Gasteiger partial charge is 0.325 e. The number of methoxy groups -OCH3 is 1. The molecular formula is C16H32N2O2. The van der Waals surface area contributed by atoms with E-state index in [1.165, 1.54) is 26.5 Å². The Hall–Kier alpha value is -0.610. The van der Waals surface area contributed by atoms with E-state index in [9.17, 15) is 4.79 Å². The Bertz CT molecular complexity index is 309. The Kier molecular flexibility index (Phi) is 6.96. The maximum absolute atomic E-state index is 11.9. The highest BCUT2D eigenvalue weighted by atomic mass is 16.5. The largest absolute Gasteiger partial charge is 0.468 e. The molecule has 1 fully saturated rings. The zero-order valence-electron chi connectivity index (χ0n) is 13.9. The average Bonchev–Trinajstić information content (AvgIpc) is 2.42. The van der Waals surface area contributed by atoms with Crippen molar-refractivity contribution in [2.75, 3.05) is 26.7 Å². The minimum Gasteiger partial charge on any atom is -0.468 e. The van der Waals surface area contributed by atoms with Crippen molar-refractivity contribution in [3.8, 4) is 0 Å². The lowest BCUT2D eigenvalue weighted by Crippen LogP contribution is -2.50. The molecule has 0 amide bonds. The van der Waals surface area contributed by atoms with Crippen molar-refractivity contribution in [2.45, 2.75) is 65.0 Å². The third-order valence-corrected chi connectivity index (χ3v) is 4.57. The van der Waals surface area contributed by atoms with Crippen LogP contribution in [0.15, 0.2) is 0 Å². The van der Waals surface area contributed by atoms with Crippen LogP contribution in [0.25, 0.3) is 0 Å². The summed E-state index contributed by atoms with van der Waals surface area (Å²) in [5.41, 5.74) is -0.547. The van der Waals surface area contributed by atoms with Gasteiger partial charge in [-0.05, 0) is 58.5 Å². The molecule has 0 radical (unpaired) electrons. The molecule has 0 saturated carbocycles. The third-order valence-electron chi connectivity index (χ3n) is 4.57. The maximum Gasteiger partial charge on any atom is 0.325 e. The molecule has 1 aliphatic heterocycles. The van der Waals surface area contributed by atoms with Crippen molar-refractivity contribution >= 4 is 5.97 Å². The standard InChI is InChI=1S/C16H32N2O2/c1-6-17-16(4,15(19)20-5)10-7-11-18-12-13(2)8-9-14(18)3/h13-14,17H,6-12H2,1-5H3. The topological polar surface area (TPSA) is 41.6 Å². The van der Waals surface area contributed by atoms with E-state index < -0.39 is 5.54 Å². The summed E-state index contributed by atoms with van der Waals surface area (Å²) in [5.74, 6) is 0.645. The van der Waals surface area contributed by atoms with Crippen molar-refractivity contribution in [1.82, 2.24) is 10.2 Å². The number of carbonyl (C=O) groups excluding carboxylic acids is 1. The van der Waals surface area contributed by atoms with E-state index in [1.54, 1.807) is 0 Å². The Morgan fingerprint density at radius 1 is 1.40 bits per heavy atom. The Labute approximate surface area is 124 Å². The van der Waals surface area contributed by atoms with Crippen LogP contribution in [0.4, 0.5) is 0 Å². The van der Waals surface area contributed by atoms with E-state index in [1.807, 2.05) is 13.8 Å². The van der Waals surface area contributed by atoms with Crippen molar-refractivity contribution in [1.29, 1.82) is 0 Å². The van der Waals surface area contributed by atoms with Crippen LogP contribution in [0.5, 0.6) is 0 Å². The van der Waals surface area contributed by atoms with Gasteiger partial charge in [-0.15, -0.1) is 0 Å². The molecule has 118 valence electrons. The SMILES string of the molecule is CCNC(C)(CCCN1CC(C)CCC1C)C(=O)OC. The number of likely N-dealkylation sites (tertiary alicyclic amines) is 1. The normalized spacial score (nSPS) is 27.1. The van der Waals surface area contributed by atoms with E-state index in [-0.39, 0.29) is 5.97 Å². The van der Waals surface area contributed by atoms with Crippen LogP contribution in [0, 0.1) is 5.92 Å². The molecule has 3 unspecified atom stereocenters. The Morgan fingerprint density at radius 2 is 2.10 bits per heavy atom. The summed E-state index contributed by atoms with van der Waals surface area (Å²) in [4.78, 5) is 14.5. The molecular weight excluding hydrogens is 252 g/mol. The summed E-state index contributed by atoms with van der Waals surface area (Å²) < 4.78 is 4.93. The van der Waals surface area contributed by atoms with E-state index in [0.29, 0.717) is 6.04 Å². The first-order valence-electron chi connectivity index (χ1n) is 8.00. The van der Waals surface area contributed by atoms with Gasteiger partial charge in [0, 0.05) is 12.6 Å². The minimum atomic E-state index is -0.547. The molecule has 1 heterocycles. The zero-order chi connectivity index (χ0) is 15.2. The van der Waals surface area contributed by atoms with Gasteiger partial charge in [-0.25, -0.2) is 0 Å². The van der Waals surface area contributed by atoms with E-state index >= 15 is 0 Å². The lowest BCUT2D eigenvalue weighted by Gasteiger charge is -2.37. The number of ether oxygens (including phenoxy) is 1. The molecule has 4 nitrogen and oxygen atoms in total. The second-order valence-electron chi connectivity index (χ2n) is 6.48. The van der Waals surface area contributed by atoms with Gasteiger partial charge in [0.1, 0.15) is 5.54 Å². The number of likely N-dealkylation sites (N-methyl/N-ethyl adjacent to an activating group) is 1. The van der Waals surface area contributed by atoms with Crippen molar-refractivity contribution in [3.63, 3.8) is 0 Å². The lowest BCUT2D eigenvalue weighted by atomic mass is 9.92. The van der Waals surface area contributed by atoms with Crippen molar-refractivity contribution in [2.24, 2.45) is 5.92 Å². The average molecular weight is 284 g/mol. The molecule has 0 spiro atoms. The van der Waals surface area contributed by atoms with Crippen LogP contribution in [0.3, 0.4) is 0 Å². The molecule has 1 rings (SSSR count). The van der Waals surface area contributed by atoms with Gasteiger partial charge < -0.3 is 15.0 Å². The maximum atomic E-state index is 11.9. The van der Waals surface area contributed by atoms with Crippen LogP contribution < -0.4 is 5.32 Å². The highest BCUT2D eigenvalue weighted by Crippen LogP contribution is 2.22. The summed E-state index contributed by atoms with van der Waals surface area (Å²) in [6.45, 7) is 11.7. The third kappa shape index (κ3) is 4.74. The Balaban J connectivity index is 2.45. The second-order valence-corrected chi connectivity index (χ2v) is 6.48. The van der Waals surface area contributed by atoms with Crippen LogP contribution in [0.1, 0.15) is 53.4 Å². The number of esters is 1. The molecule has 0 bridgehead atoms. The summed E-state index contributed by atoms with van der Waals surface area (Å²) >= 11 is 0. The first kappa shape index (κ1) is 17.4. The summed E-state index contributed by atoms with van der Waals surface area (Å²) in [5, 5.41) is 3.27. The number of nitrogens with zero attached hydrogens (tertiary/aromatic N) is 1. The van der Waals surface area contributed by atoms with Gasteiger partial charge in [0.05, 0.1) is 7.11 Å². The summed E-state index contributed by atoms with van der Waals surface area (Å²) in [6.07, 6.45) is 4.48. The molecule has 1 aliphatic rings. The number of carbonyl (C=O) groups is 1. The second kappa shape index (κ2) is 7.99. The molecule has 0 aliphatic carbocycles. The van der Waals surface area contributed by atoms with Gasteiger partial charge >= 0.3 is 5.97 Å². The van der Waals surface area contributed by atoms with Crippen LogP contribution in [0.2, 0.25) is 0 Å². The predicted molar refractivity (Wildman–Crippen MR) is 82.8 cm³/mol. The molecule has 3 atom stereocenters. The van der Waals surface area contributed by atoms with E-state index in [0.717, 1.165) is 31.8 Å². The lowest BCUT2D eigenvalue weighted by molar-refractivity contribution is -0.148. The molecule has 1 N–H and O–H groups in total.